The van der Waals surface area contributed by atoms with Crippen LogP contribution in [0.2, 0.25) is 0 Å². The molecule has 1 amide bonds. The first kappa shape index (κ1) is 16.7. The van der Waals surface area contributed by atoms with Gasteiger partial charge in [0.25, 0.3) is 0 Å². The van der Waals surface area contributed by atoms with Gasteiger partial charge in [-0.1, -0.05) is 38.8 Å². The lowest BCUT2D eigenvalue weighted by Crippen LogP contribution is -2.25. The molecule has 1 unspecified atom stereocenters. The number of anilines is 1. The predicted octanol–water partition coefficient (Wildman–Crippen LogP) is 3.95. The van der Waals surface area contributed by atoms with E-state index in [2.05, 4.69) is 43.5 Å². The zero-order chi connectivity index (χ0) is 15.0. The highest BCUT2D eigenvalue weighted by atomic mass is 16.1. The standard InChI is InChI=1S/C17H28N2O/c1-13(2)6-5-7-14(3)18-12-16-8-10-17(11-9-16)19-15(4)20/h8-11,13-14,18H,5-7,12H2,1-4H3,(H,19,20). The third-order valence-corrected chi connectivity index (χ3v) is 3.35. The second-order valence-corrected chi connectivity index (χ2v) is 5.98. The largest absolute Gasteiger partial charge is 0.326 e. The van der Waals surface area contributed by atoms with Crippen LogP contribution in [0.5, 0.6) is 0 Å². The van der Waals surface area contributed by atoms with Crippen LogP contribution in [0.4, 0.5) is 5.69 Å². The molecule has 3 heteroatoms. The Morgan fingerprint density at radius 3 is 2.30 bits per heavy atom. The third-order valence-electron chi connectivity index (χ3n) is 3.35. The van der Waals surface area contributed by atoms with E-state index in [1.54, 1.807) is 0 Å². The second-order valence-electron chi connectivity index (χ2n) is 5.98. The van der Waals surface area contributed by atoms with Crippen LogP contribution in [0.15, 0.2) is 24.3 Å². The minimum Gasteiger partial charge on any atom is -0.326 e. The van der Waals surface area contributed by atoms with Crippen molar-refractivity contribution in [2.75, 3.05) is 5.32 Å². The van der Waals surface area contributed by atoms with Gasteiger partial charge >= 0.3 is 0 Å². The minimum atomic E-state index is -0.0327. The van der Waals surface area contributed by atoms with Crippen LogP contribution < -0.4 is 10.6 Å². The SMILES string of the molecule is CC(=O)Nc1ccc(CNC(C)CCCC(C)C)cc1. The molecule has 1 rings (SSSR count). The van der Waals surface area contributed by atoms with Crippen molar-refractivity contribution in [1.29, 1.82) is 0 Å². The smallest absolute Gasteiger partial charge is 0.221 e. The molecule has 0 aliphatic rings. The molecule has 0 saturated heterocycles. The maximum absolute atomic E-state index is 10.9. The Morgan fingerprint density at radius 1 is 1.10 bits per heavy atom. The summed E-state index contributed by atoms with van der Waals surface area (Å²) >= 11 is 0. The van der Waals surface area contributed by atoms with E-state index in [0.29, 0.717) is 6.04 Å². The maximum Gasteiger partial charge on any atom is 0.221 e. The molecule has 0 bridgehead atoms. The summed E-state index contributed by atoms with van der Waals surface area (Å²) < 4.78 is 0. The average molecular weight is 276 g/mol. The summed E-state index contributed by atoms with van der Waals surface area (Å²) in [5.74, 6) is 0.762. The van der Waals surface area contributed by atoms with Crippen LogP contribution in [-0.4, -0.2) is 11.9 Å². The van der Waals surface area contributed by atoms with Gasteiger partial charge in [0.05, 0.1) is 0 Å². The highest BCUT2D eigenvalue weighted by Crippen LogP contribution is 2.11. The molecule has 1 aromatic carbocycles. The van der Waals surface area contributed by atoms with Crippen LogP contribution in [0.1, 0.15) is 52.5 Å². The molecular formula is C17H28N2O. The molecule has 1 atom stereocenters. The van der Waals surface area contributed by atoms with E-state index >= 15 is 0 Å². The molecule has 112 valence electrons. The van der Waals surface area contributed by atoms with Crippen molar-refractivity contribution < 1.29 is 4.79 Å². The normalized spacial score (nSPS) is 12.4. The summed E-state index contributed by atoms with van der Waals surface area (Å²) in [4.78, 5) is 10.9. The van der Waals surface area contributed by atoms with Crippen LogP contribution in [-0.2, 0) is 11.3 Å². The number of amides is 1. The monoisotopic (exact) mass is 276 g/mol. The Bertz CT molecular complexity index is 398. The molecule has 0 fully saturated rings. The van der Waals surface area contributed by atoms with Gasteiger partial charge < -0.3 is 10.6 Å². The molecule has 3 nitrogen and oxygen atoms in total. The molecule has 0 aliphatic heterocycles. The van der Waals surface area contributed by atoms with Crippen molar-refractivity contribution in [3.8, 4) is 0 Å². The molecule has 0 radical (unpaired) electrons. The molecule has 0 aromatic heterocycles. The lowest BCUT2D eigenvalue weighted by atomic mass is 10.0. The van der Waals surface area contributed by atoms with E-state index in [1.807, 2.05) is 12.1 Å². The molecular weight excluding hydrogens is 248 g/mol. The number of rotatable bonds is 8. The van der Waals surface area contributed by atoms with Crippen LogP contribution in [0.3, 0.4) is 0 Å². The number of hydrogen-bond donors (Lipinski definition) is 2. The molecule has 2 N–H and O–H groups in total. The van der Waals surface area contributed by atoms with Crippen LogP contribution in [0.25, 0.3) is 0 Å². The van der Waals surface area contributed by atoms with Crippen molar-refractivity contribution >= 4 is 11.6 Å². The Kier molecular flexibility index (Phi) is 7.31. The van der Waals surface area contributed by atoms with Crippen LogP contribution in [0, 0.1) is 5.92 Å². The highest BCUT2D eigenvalue weighted by molar-refractivity contribution is 5.88. The van der Waals surface area contributed by atoms with E-state index in [4.69, 9.17) is 0 Å². The van der Waals surface area contributed by atoms with E-state index in [0.717, 1.165) is 18.2 Å². The quantitative estimate of drug-likeness (QED) is 0.755. The van der Waals surface area contributed by atoms with Crippen molar-refractivity contribution in [2.24, 2.45) is 5.92 Å². The first-order chi connectivity index (χ1) is 9.47. The first-order valence-corrected chi connectivity index (χ1v) is 7.57. The fourth-order valence-electron chi connectivity index (χ4n) is 2.14. The second kappa shape index (κ2) is 8.75. The number of benzene rings is 1. The van der Waals surface area contributed by atoms with Gasteiger partial charge in [0.1, 0.15) is 0 Å². The Labute approximate surface area is 123 Å². The highest BCUT2D eigenvalue weighted by Gasteiger charge is 2.03. The number of nitrogens with one attached hydrogen (secondary N) is 2. The topological polar surface area (TPSA) is 41.1 Å². The van der Waals surface area contributed by atoms with Gasteiger partial charge in [0.2, 0.25) is 5.91 Å². The summed E-state index contributed by atoms with van der Waals surface area (Å²) in [7, 11) is 0. The third kappa shape index (κ3) is 7.29. The van der Waals surface area contributed by atoms with E-state index in [9.17, 15) is 4.79 Å². The summed E-state index contributed by atoms with van der Waals surface area (Å²) in [6.07, 6.45) is 3.81. The van der Waals surface area contributed by atoms with Gasteiger partial charge in [-0.15, -0.1) is 0 Å². The Morgan fingerprint density at radius 2 is 1.75 bits per heavy atom. The van der Waals surface area contributed by atoms with Crippen LogP contribution >= 0.6 is 0 Å². The van der Waals surface area contributed by atoms with Crippen molar-refractivity contribution in [1.82, 2.24) is 5.32 Å². The number of carbonyl (C=O) groups excluding carboxylic acids is 1. The fourth-order valence-corrected chi connectivity index (χ4v) is 2.14. The average Bonchev–Trinajstić information content (AvgIpc) is 2.37. The van der Waals surface area contributed by atoms with Crippen molar-refractivity contribution in [3.63, 3.8) is 0 Å². The lowest BCUT2D eigenvalue weighted by molar-refractivity contribution is -0.114. The van der Waals surface area contributed by atoms with E-state index in [1.165, 1.54) is 31.7 Å². The Hall–Kier alpha value is -1.35. The molecule has 20 heavy (non-hydrogen) atoms. The maximum atomic E-state index is 10.9. The molecule has 0 aliphatic carbocycles. The van der Waals surface area contributed by atoms with E-state index in [-0.39, 0.29) is 5.91 Å². The minimum absolute atomic E-state index is 0.0327. The molecule has 1 aromatic rings. The summed E-state index contributed by atoms with van der Waals surface area (Å²) in [5.41, 5.74) is 2.10. The Balaban J connectivity index is 2.28. The van der Waals surface area contributed by atoms with Gasteiger partial charge in [-0.05, 0) is 37.0 Å². The van der Waals surface area contributed by atoms with Gasteiger partial charge in [0.15, 0.2) is 0 Å². The van der Waals surface area contributed by atoms with Gasteiger partial charge in [0, 0.05) is 25.2 Å². The van der Waals surface area contributed by atoms with E-state index < -0.39 is 0 Å². The zero-order valence-electron chi connectivity index (χ0n) is 13.2. The fraction of sp³-hybridized carbons (Fsp3) is 0.588. The lowest BCUT2D eigenvalue weighted by Gasteiger charge is -2.14. The van der Waals surface area contributed by atoms with Gasteiger partial charge in [-0.2, -0.15) is 0 Å². The number of hydrogen-bond acceptors (Lipinski definition) is 2. The summed E-state index contributed by atoms with van der Waals surface area (Å²) in [6.45, 7) is 9.19. The van der Waals surface area contributed by atoms with Crippen molar-refractivity contribution in [3.05, 3.63) is 29.8 Å². The summed E-state index contributed by atoms with van der Waals surface area (Å²) in [6, 6.07) is 8.55. The zero-order valence-corrected chi connectivity index (χ0v) is 13.2. The van der Waals surface area contributed by atoms with Gasteiger partial charge in [-0.25, -0.2) is 0 Å². The summed E-state index contributed by atoms with van der Waals surface area (Å²) in [5, 5.41) is 6.32. The predicted molar refractivity (Wildman–Crippen MR) is 85.7 cm³/mol. The number of carbonyl (C=O) groups is 1. The molecule has 0 saturated carbocycles. The van der Waals surface area contributed by atoms with Crippen molar-refractivity contribution in [2.45, 2.75) is 59.5 Å². The molecule has 0 heterocycles. The van der Waals surface area contributed by atoms with Gasteiger partial charge in [-0.3, -0.25) is 4.79 Å². The molecule has 0 spiro atoms. The first-order valence-electron chi connectivity index (χ1n) is 7.57.